The molecule has 2 rings (SSSR count). The molecule has 1 heterocycles. The highest BCUT2D eigenvalue weighted by Crippen LogP contribution is 2.39. The Bertz CT molecular complexity index is 619. The molecule has 0 radical (unpaired) electrons. The van der Waals surface area contributed by atoms with E-state index in [9.17, 15) is 4.79 Å². The average Bonchev–Trinajstić information content (AvgIpc) is 3.03. The molecule has 0 atom stereocenters. The zero-order valence-electron chi connectivity index (χ0n) is 13.3. The number of hydrogen-bond acceptors (Lipinski definition) is 7. The molecule has 1 amide bonds. The highest BCUT2D eigenvalue weighted by Gasteiger charge is 2.18. The first-order valence-corrected chi connectivity index (χ1v) is 8.21. The standard InChI is InChI=1S/C15H19N3O4S/c1-4-20-11-7-10(14(19)17-15-18-16-9-23-15)8-12(21-5-2)13(11)22-6-3/h7-9H,4-6H2,1-3H3,(H,17,18,19). The van der Waals surface area contributed by atoms with Crippen LogP contribution in [-0.2, 0) is 0 Å². The van der Waals surface area contributed by atoms with Crippen LogP contribution in [0.25, 0.3) is 0 Å². The van der Waals surface area contributed by atoms with Gasteiger partial charge in [0.15, 0.2) is 11.5 Å². The van der Waals surface area contributed by atoms with E-state index in [0.717, 1.165) is 0 Å². The minimum Gasteiger partial charge on any atom is -0.490 e. The third-order valence-electron chi connectivity index (χ3n) is 2.75. The van der Waals surface area contributed by atoms with Crippen LogP contribution < -0.4 is 19.5 Å². The highest BCUT2D eigenvalue weighted by molar-refractivity contribution is 7.13. The van der Waals surface area contributed by atoms with Gasteiger partial charge in [-0.25, -0.2) is 0 Å². The maximum atomic E-state index is 12.4. The van der Waals surface area contributed by atoms with Crippen molar-refractivity contribution in [2.24, 2.45) is 0 Å². The van der Waals surface area contributed by atoms with E-state index in [-0.39, 0.29) is 5.91 Å². The fourth-order valence-corrected chi connectivity index (χ4v) is 2.36. The van der Waals surface area contributed by atoms with Gasteiger partial charge in [-0.05, 0) is 32.9 Å². The van der Waals surface area contributed by atoms with Gasteiger partial charge in [0.25, 0.3) is 5.91 Å². The zero-order valence-corrected chi connectivity index (χ0v) is 14.1. The zero-order chi connectivity index (χ0) is 16.7. The second kappa shape index (κ2) is 8.33. The molecule has 7 nitrogen and oxygen atoms in total. The van der Waals surface area contributed by atoms with Crippen molar-refractivity contribution >= 4 is 22.4 Å². The summed E-state index contributed by atoms with van der Waals surface area (Å²) in [4.78, 5) is 12.4. The molecular weight excluding hydrogens is 318 g/mol. The predicted octanol–water partition coefficient (Wildman–Crippen LogP) is 2.99. The lowest BCUT2D eigenvalue weighted by Crippen LogP contribution is -2.13. The number of aromatic nitrogens is 2. The van der Waals surface area contributed by atoms with Crippen molar-refractivity contribution in [2.75, 3.05) is 25.1 Å². The van der Waals surface area contributed by atoms with Crippen LogP contribution in [0.1, 0.15) is 31.1 Å². The van der Waals surface area contributed by atoms with Crippen LogP contribution in [0.5, 0.6) is 17.2 Å². The third kappa shape index (κ3) is 4.32. The van der Waals surface area contributed by atoms with E-state index in [4.69, 9.17) is 14.2 Å². The highest BCUT2D eigenvalue weighted by atomic mass is 32.1. The Morgan fingerprint density at radius 1 is 1.09 bits per heavy atom. The summed E-state index contributed by atoms with van der Waals surface area (Å²) in [7, 11) is 0. The van der Waals surface area contributed by atoms with Crippen LogP contribution in [0, 0.1) is 0 Å². The SMILES string of the molecule is CCOc1cc(C(=O)Nc2nncs2)cc(OCC)c1OCC. The van der Waals surface area contributed by atoms with Gasteiger partial charge in [0, 0.05) is 5.56 Å². The van der Waals surface area contributed by atoms with Crippen molar-refractivity contribution in [3.05, 3.63) is 23.2 Å². The summed E-state index contributed by atoms with van der Waals surface area (Å²) in [6.07, 6.45) is 0. The van der Waals surface area contributed by atoms with E-state index in [1.807, 2.05) is 20.8 Å². The number of benzene rings is 1. The van der Waals surface area contributed by atoms with Crippen LogP contribution in [-0.4, -0.2) is 35.9 Å². The molecule has 1 aromatic carbocycles. The van der Waals surface area contributed by atoms with E-state index in [1.165, 1.54) is 11.3 Å². The molecule has 124 valence electrons. The van der Waals surface area contributed by atoms with Gasteiger partial charge in [-0.2, -0.15) is 0 Å². The van der Waals surface area contributed by atoms with Crippen molar-refractivity contribution in [1.29, 1.82) is 0 Å². The molecule has 1 aromatic heterocycles. The summed E-state index contributed by atoms with van der Waals surface area (Å²) < 4.78 is 16.8. The van der Waals surface area contributed by atoms with Gasteiger partial charge in [-0.15, -0.1) is 10.2 Å². The van der Waals surface area contributed by atoms with Crippen LogP contribution in [0.4, 0.5) is 5.13 Å². The van der Waals surface area contributed by atoms with E-state index in [2.05, 4.69) is 15.5 Å². The number of nitrogens with one attached hydrogen (secondary N) is 1. The topological polar surface area (TPSA) is 82.6 Å². The first kappa shape index (κ1) is 17.0. The Hall–Kier alpha value is -2.35. The Balaban J connectivity index is 2.36. The molecule has 2 aromatic rings. The second-order valence-electron chi connectivity index (χ2n) is 4.30. The Kier molecular flexibility index (Phi) is 6.16. The first-order valence-electron chi connectivity index (χ1n) is 7.33. The number of ether oxygens (including phenoxy) is 3. The Morgan fingerprint density at radius 3 is 2.17 bits per heavy atom. The number of carbonyl (C=O) groups is 1. The second-order valence-corrected chi connectivity index (χ2v) is 5.13. The number of anilines is 1. The lowest BCUT2D eigenvalue weighted by atomic mass is 10.1. The molecule has 0 saturated carbocycles. The smallest absolute Gasteiger partial charge is 0.257 e. The molecule has 0 fully saturated rings. The van der Waals surface area contributed by atoms with Crippen molar-refractivity contribution in [3.63, 3.8) is 0 Å². The monoisotopic (exact) mass is 337 g/mol. The summed E-state index contributed by atoms with van der Waals surface area (Å²) in [6.45, 7) is 6.98. The van der Waals surface area contributed by atoms with Crippen molar-refractivity contribution < 1.29 is 19.0 Å². The van der Waals surface area contributed by atoms with Gasteiger partial charge in [0.1, 0.15) is 5.51 Å². The maximum Gasteiger partial charge on any atom is 0.257 e. The number of carbonyl (C=O) groups excluding carboxylic acids is 1. The van der Waals surface area contributed by atoms with Crippen LogP contribution in [0.15, 0.2) is 17.6 Å². The minimum atomic E-state index is -0.313. The number of hydrogen-bond donors (Lipinski definition) is 1. The van der Waals surface area contributed by atoms with Gasteiger partial charge < -0.3 is 14.2 Å². The average molecular weight is 337 g/mol. The molecule has 0 bridgehead atoms. The molecule has 0 saturated heterocycles. The van der Waals surface area contributed by atoms with Crippen molar-refractivity contribution in [3.8, 4) is 17.2 Å². The Morgan fingerprint density at radius 2 is 1.70 bits per heavy atom. The minimum absolute atomic E-state index is 0.313. The van der Waals surface area contributed by atoms with E-state index in [0.29, 0.717) is 47.8 Å². The fourth-order valence-electron chi connectivity index (χ4n) is 1.92. The predicted molar refractivity (Wildman–Crippen MR) is 87.8 cm³/mol. The number of rotatable bonds is 8. The summed E-state index contributed by atoms with van der Waals surface area (Å²) >= 11 is 1.24. The molecule has 0 unspecified atom stereocenters. The van der Waals surface area contributed by atoms with E-state index in [1.54, 1.807) is 17.6 Å². The van der Waals surface area contributed by atoms with Gasteiger partial charge in [-0.3, -0.25) is 10.1 Å². The number of amides is 1. The molecule has 0 spiro atoms. The lowest BCUT2D eigenvalue weighted by molar-refractivity contribution is 0.102. The van der Waals surface area contributed by atoms with Crippen molar-refractivity contribution in [2.45, 2.75) is 20.8 Å². The van der Waals surface area contributed by atoms with Crippen LogP contribution in [0.3, 0.4) is 0 Å². The lowest BCUT2D eigenvalue weighted by Gasteiger charge is -2.16. The normalized spacial score (nSPS) is 10.2. The van der Waals surface area contributed by atoms with E-state index >= 15 is 0 Å². The Labute approximate surface area is 138 Å². The van der Waals surface area contributed by atoms with Gasteiger partial charge >= 0.3 is 0 Å². The van der Waals surface area contributed by atoms with Crippen molar-refractivity contribution in [1.82, 2.24) is 10.2 Å². The summed E-state index contributed by atoms with van der Waals surface area (Å²) in [5.74, 6) is 1.14. The summed E-state index contributed by atoms with van der Waals surface area (Å²) in [5, 5.41) is 10.6. The maximum absolute atomic E-state index is 12.4. The van der Waals surface area contributed by atoms with E-state index < -0.39 is 0 Å². The third-order valence-corrected chi connectivity index (χ3v) is 3.36. The van der Waals surface area contributed by atoms with Gasteiger partial charge in [0.2, 0.25) is 10.9 Å². The first-order chi connectivity index (χ1) is 11.2. The quantitative estimate of drug-likeness (QED) is 0.797. The molecule has 0 aliphatic carbocycles. The number of nitrogens with zero attached hydrogens (tertiary/aromatic N) is 2. The molecule has 23 heavy (non-hydrogen) atoms. The molecule has 0 aliphatic rings. The largest absolute Gasteiger partial charge is 0.490 e. The molecule has 0 aliphatic heterocycles. The fraction of sp³-hybridized carbons (Fsp3) is 0.400. The van der Waals surface area contributed by atoms with Gasteiger partial charge in [0.05, 0.1) is 19.8 Å². The summed E-state index contributed by atoms with van der Waals surface area (Å²) in [5.41, 5.74) is 1.95. The van der Waals surface area contributed by atoms with Crippen LogP contribution >= 0.6 is 11.3 Å². The molecular formula is C15H19N3O4S. The van der Waals surface area contributed by atoms with Crippen LogP contribution in [0.2, 0.25) is 0 Å². The van der Waals surface area contributed by atoms with Gasteiger partial charge in [-0.1, -0.05) is 11.3 Å². The molecule has 8 heteroatoms. The molecule has 1 N–H and O–H groups in total. The summed E-state index contributed by atoms with van der Waals surface area (Å²) in [6, 6.07) is 3.26.